The molecular formula is C14H16F3N3. The van der Waals surface area contributed by atoms with Crippen LogP contribution in [0.2, 0.25) is 0 Å². The van der Waals surface area contributed by atoms with Gasteiger partial charge in [-0.1, -0.05) is 26.0 Å². The minimum atomic E-state index is -4.37. The van der Waals surface area contributed by atoms with Crippen molar-refractivity contribution >= 4 is 5.82 Å². The first-order chi connectivity index (χ1) is 9.21. The lowest BCUT2D eigenvalue weighted by atomic mass is 9.97. The number of anilines is 1. The number of aryl methyl sites for hydroxylation is 1. The summed E-state index contributed by atoms with van der Waals surface area (Å²) in [5, 5.41) is 4.25. The van der Waals surface area contributed by atoms with Gasteiger partial charge in [-0.2, -0.15) is 18.3 Å². The highest BCUT2D eigenvalue weighted by Gasteiger charge is 2.31. The first kappa shape index (κ1) is 14.4. The van der Waals surface area contributed by atoms with Crippen molar-refractivity contribution in [1.82, 2.24) is 9.78 Å². The summed E-state index contributed by atoms with van der Waals surface area (Å²) in [4.78, 5) is 0. The van der Waals surface area contributed by atoms with Gasteiger partial charge in [0.05, 0.1) is 11.3 Å². The van der Waals surface area contributed by atoms with E-state index in [1.165, 1.54) is 10.7 Å². The van der Waals surface area contributed by atoms with Gasteiger partial charge in [0.2, 0.25) is 0 Å². The van der Waals surface area contributed by atoms with E-state index >= 15 is 0 Å². The van der Waals surface area contributed by atoms with Crippen molar-refractivity contribution in [2.75, 3.05) is 5.73 Å². The zero-order valence-corrected chi connectivity index (χ0v) is 11.5. The molecule has 0 saturated heterocycles. The number of aromatic nitrogens is 2. The van der Waals surface area contributed by atoms with Crippen molar-refractivity contribution in [3.8, 4) is 11.3 Å². The van der Waals surface area contributed by atoms with Crippen molar-refractivity contribution < 1.29 is 13.2 Å². The highest BCUT2D eigenvalue weighted by atomic mass is 19.4. The van der Waals surface area contributed by atoms with Crippen LogP contribution in [0.25, 0.3) is 11.3 Å². The molecule has 0 aliphatic rings. The molecule has 0 saturated carbocycles. The highest BCUT2D eigenvalue weighted by molar-refractivity contribution is 5.70. The average molecular weight is 283 g/mol. The molecule has 0 amide bonds. The van der Waals surface area contributed by atoms with Crippen LogP contribution >= 0.6 is 0 Å². The van der Waals surface area contributed by atoms with Crippen LogP contribution in [0.15, 0.2) is 24.3 Å². The molecule has 0 aliphatic carbocycles. The van der Waals surface area contributed by atoms with Gasteiger partial charge >= 0.3 is 6.18 Å². The van der Waals surface area contributed by atoms with Crippen LogP contribution in [0.4, 0.5) is 19.0 Å². The fourth-order valence-corrected chi connectivity index (χ4v) is 2.18. The number of hydrogen-bond donors (Lipinski definition) is 1. The van der Waals surface area contributed by atoms with Crippen LogP contribution in [-0.2, 0) is 13.2 Å². The smallest absolute Gasteiger partial charge is 0.384 e. The van der Waals surface area contributed by atoms with Crippen molar-refractivity contribution in [3.63, 3.8) is 0 Å². The summed E-state index contributed by atoms with van der Waals surface area (Å²) >= 11 is 0. The van der Waals surface area contributed by atoms with E-state index in [-0.39, 0.29) is 5.92 Å². The molecule has 20 heavy (non-hydrogen) atoms. The number of nitrogens with two attached hydrogens (primary N) is 1. The summed E-state index contributed by atoms with van der Waals surface area (Å²) in [7, 11) is 1.68. The second-order valence-corrected chi connectivity index (χ2v) is 5.00. The van der Waals surface area contributed by atoms with Crippen LogP contribution in [0.3, 0.4) is 0 Å². The van der Waals surface area contributed by atoms with Gasteiger partial charge in [-0.3, -0.25) is 4.68 Å². The quantitative estimate of drug-likeness (QED) is 0.910. The van der Waals surface area contributed by atoms with Crippen molar-refractivity contribution in [2.45, 2.75) is 25.9 Å². The number of halogens is 3. The summed E-state index contributed by atoms with van der Waals surface area (Å²) < 4.78 is 39.8. The van der Waals surface area contributed by atoms with E-state index in [0.717, 1.165) is 17.7 Å². The summed E-state index contributed by atoms with van der Waals surface area (Å²) in [6.45, 7) is 3.87. The van der Waals surface area contributed by atoms with Gasteiger partial charge in [0.25, 0.3) is 0 Å². The zero-order valence-electron chi connectivity index (χ0n) is 11.5. The molecule has 0 radical (unpaired) electrons. The summed E-state index contributed by atoms with van der Waals surface area (Å²) in [6.07, 6.45) is -4.37. The third-order valence-electron chi connectivity index (χ3n) is 3.17. The SMILES string of the molecule is CC(C)c1c(-c2cccc(C(F)(F)F)c2)nn(C)c1N. The number of hydrogen-bond acceptors (Lipinski definition) is 2. The Balaban J connectivity index is 2.61. The van der Waals surface area contributed by atoms with Crippen LogP contribution in [0.1, 0.15) is 30.9 Å². The Morgan fingerprint density at radius 3 is 2.45 bits per heavy atom. The third kappa shape index (κ3) is 2.50. The van der Waals surface area contributed by atoms with E-state index in [0.29, 0.717) is 17.1 Å². The Morgan fingerprint density at radius 1 is 1.25 bits per heavy atom. The average Bonchev–Trinajstić information content (AvgIpc) is 2.65. The molecule has 2 rings (SSSR count). The number of nitrogens with zero attached hydrogens (tertiary/aromatic N) is 2. The second kappa shape index (κ2) is 4.85. The number of alkyl halides is 3. The maximum absolute atomic E-state index is 12.8. The predicted molar refractivity (Wildman–Crippen MR) is 72.1 cm³/mol. The molecule has 0 fully saturated rings. The first-order valence-electron chi connectivity index (χ1n) is 6.21. The van der Waals surface area contributed by atoms with E-state index < -0.39 is 11.7 Å². The Labute approximate surface area is 115 Å². The second-order valence-electron chi connectivity index (χ2n) is 5.00. The molecule has 1 aromatic carbocycles. The normalized spacial score (nSPS) is 12.2. The number of rotatable bonds is 2. The van der Waals surface area contributed by atoms with E-state index in [1.807, 2.05) is 13.8 Å². The van der Waals surface area contributed by atoms with Crippen molar-refractivity contribution in [1.29, 1.82) is 0 Å². The van der Waals surface area contributed by atoms with Crippen LogP contribution in [0.5, 0.6) is 0 Å². The maximum atomic E-state index is 12.8. The Bertz CT molecular complexity index is 627. The van der Waals surface area contributed by atoms with Crippen LogP contribution in [0, 0.1) is 0 Å². The lowest BCUT2D eigenvalue weighted by Crippen LogP contribution is -2.04. The maximum Gasteiger partial charge on any atom is 0.416 e. The van der Waals surface area contributed by atoms with Gasteiger partial charge in [-0.25, -0.2) is 0 Å². The fourth-order valence-electron chi connectivity index (χ4n) is 2.18. The van der Waals surface area contributed by atoms with Crippen molar-refractivity contribution in [3.05, 3.63) is 35.4 Å². The van der Waals surface area contributed by atoms with Gasteiger partial charge in [0.1, 0.15) is 5.82 Å². The lowest BCUT2D eigenvalue weighted by Gasteiger charge is -2.10. The minimum absolute atomic E-state index is 0.0771. The topological polar surface area (TPSA) is 43.8 Å². The van der Waals surface area contributed by atoms with E-state index in [9.17, 15) is 13.2 Å². The monoisotopic (exact) mass is 283 g/mol. The summed E-state index contributed by atoms with van der Waals surface area (Å²) in [5.74, 6) is 0.556. The number of nitrogen functional groups attached to an aromatic ring is 1. The highest BCUT2D eigenvalue weighted by Crippen LogP contribution is 2.36. The molecule has 0 aliphatic heterocycles. The Hall–Kier alpha value is -1.98. The molecule has 6 heteroatoms. The molecule has 3 nitrogen and oxygen atoms in total. The summed E-state index contributed by atoms with van der Waals surface area (Å²) in [5.41, 5.74) is 6.96. The molecule has 0 unspecified atom stereocenters. The standard InChI is InChI=1S/C14H16F3N3/c1-8(2)11-12(19-20(3)13(11)18)9-5-4-6-10(7-9)14(15,16)17/h4-8H,18H2,1-3H3. The third-order valence-corrected chi connectivity index (χ3v) is 3.17. The van der Waals surface area contributed by atoms with Crippen LogP contribution in [-0.4, -0.2) is 9.78 Å². The van der Waals surface area contributed by atoms with Crippen molar-refractivity contribution in [2.24, 2.45) is 7.05 Å². The Morgan fingerprint density at radius 2 is 1.90 bits per heavy atom. The van der Waals surface area contributed by atoms with Gasteiger partial charge in [0, 0.05) is 18.2 Å². The lowest BCUT2D eigenvalue weighted by molar-refractivity contribution is -0.137. The molecule has 1 aromatic heterocycles. The molecule has 0 bridgehead atoms. The zero-order chi connectivity index (χ0) is 15.1. The van der Waals surface area contributed by atoms with E-state index in [1.54, 1.807) is 13.1 Å². The molecule has 108 valence electrons. The molecule has 1 heterocycles. The largest absolute Gasteiger partial charge is 0.416 e. The van der Waals surface area contributed by atoms with E-state index in [4.69, 9.17) is 5.73 Å². The minimum Gasteiger partial charge on any atom is -0.384 e. The van der Waals surface area contributed by atoms with E-state index in [2.05, 4.69) is 5.10 Å². The predicted octanol–water partition coefficient (Wildman–Crippen LogP) is 3.81. The molecule has 0 atom stereocenters. The van der Waals surface area contributed by atoms with Gasteiger partial charge in [-0.05, 0) is 18.1 Å². The fraction of sp³-hybridized carbons (Fsp3) is 0.357. The first-order valence-corrected chi connectivity index (χ1v) is 6.21. The number of benzene rings is 1. The molecule has 0 spiro atoms. The van der Waals surface area contributed by atoms with Crippen LogP contribution < -0.4 is 5.73 Å². The van der Waals surface area contributed by atoms with Gasteiger partial charge in [0.15, 0.2) is 0 Å². The molecular weight excluding hydrogens is 267 g/mol. The molecule has 2 aromatic rings. The molecule has 2 N–H and O–H groups in total. The summed E-state index contributed by atoms with van der Waals surface area (Å²) in [6, 6.07) is 5.15. The van der Waals surface area contributed by atoms with Gasteiger partial charge in [-0.15, -0.1) is 0 Å². The van der Waals surface area contributed by atoms with Gasteiger partial charge < -0.3 is 5.73 Å². The Kier molecular flexibility index (Phi) is 3.50.